The van der Waals surface area contributed by atoms with E-state index >= 15 is 0 Å². The van der Waals surface area contributed by atoms with Crippen LogP contribution in [0, 0.1) is 0 Å². The molecule has 0 heterocycles. The quantitative estimate of drug-likeness (QED) is 0.502. The Kier molecular flexibility index (Phi) is 4.81. The lowest BCUT2D eigenvalue weighted by Crippen LogP contribution is -2.03. The number of hydrogen-bond acceptors (Lipinski definition) is 2. The molecule has 0 saturated carbocycles. The SMILES string of the molecule is NCCCCP(=O)(O)C(F)F. The summed E-state index contributed by atoms with van der Waals surface area (Å²) in [5, 5.41) is 0. The molecule has 3 N–H and O–H groups in total. The van der Waals surface area contributed by atoms with E-state index in [9.17, 15) is 13.3 Å². The van der Waals surface area contributed by atoms with Gasteiger partial charge in [-0.2, -0.15) is 8.78 Å². The highest BCUT2D eigenvalue weighted by atomic mass is 31.2. The van der Waals surface area contributed by atoms with E-state index in [4.69, 9.17) is 10.6 Å². The summed E-state index contributed by atoms with van der Waals surface area (Å²) in [7, 11) is -4.18. The number of unbranched alkanes of at least 4 members (excludes halogenated alkanes) is 1. The van der Waals surface area contributed by atoms with Crippen molar-refractivity contribution in [3.63, 3.8) is 0 Å². The van der Waals surface area contributed by atoms with Crippen molar-refractivity contribution in [2.45, 2.75) is 19.0 Å². The zero-order valence-electron chi connectivity index (χ0n) is 6.04. The maximum atomic E-state index is 11.7. The van der Waals surface area contributed by atoms with E-state index in [1.54, 1.807) is 0 Å². The van der Waals surface area contributed by atoms with Crippen LogP contribution in [0.5, 0.6) is 0 Å². The van der Waals surface area contributed by atoms with Crippen molar-refractivity contribution in [2.75, 3.05) is 12.7 Å². The van der Waals surface area contributed by atoms with Gasteiger partial charge in [0.2, 0.25) is 0 Å². The molecule has 3 nitrogen and oxygen atoms in total. The molecule has 0 aliphatic heterocycles. The van der Waals surface area contributed by atoms with Gasteiger partial charge in [-0.05, 0) is 19.4 Å². The highest BCUT2D eigenvalue weighted by molar-refractivity contribution is 7.58. The normalized spacial score (nSPS) is 16.8. The molecule has 0 radical (unpaired) electrons. The molecule has 0 bridgehead atoms. The molecule has 0 aromatic heterocycles. The second-order valence-corrected chi connectivity index (χ2v) is 4.60. The summed E-state index contributed by atoms with van der Waals surface area (Å²) in [6.07, 6.45) is -2.64. The molecule has 1 unspecified atom stereocenters. The van der Waals surface area contributed by atoms with E-state index in [0.29, 0.717) is 13.0 Å². The van der Waals surface area contributed by atoms with Crippen molar-refractivity contribution in [2.24, 2.45) is 5.73 Å². The van der Waals surface area contributed by atoms with Gasteiger partial charge < -0.3 is 10.6 Å². The molecule has 1 atom stereocenters. The van der Waals surface area contributed by atoms with Crippen LogP contribution in [-0.4, -0.2) is 23.8 Å². The number of rotatable bonds is 5. The topological polar surface area (TPSA) is 63.3 Å². The lowest BCUT2D eigenvalue weighted by atomic mass is 10.3. The van der Waals surface area contributed by atoms with Crippen LogP contribution >= 0.6 is 7.37 Å². The van der Waals surface area contributed by atoms with Gasteiger partial charge in [-0.25, -0.2) is 0 Å². The van der Waals surface area contributed by atoms with Crippen LogP contribution in [0.1, 0.15) is 12.8 Å². The zero-order valence-corrected chi connectivity index (χ0v) is 6.94. The van der Waals surface area contributed by atoms with Crippen molar-refractivity contribution < 1.29 is 18.2 Å². The maximum Gasteiger partial charge on any atom is 0.312 e. The summed E-state index contributed by atoms with van der Waals surface area (Å²) in [6, 6.07) is 0. The smallest absolute Gasteiger partial charge is 0.312 e. The Labute approximate surface area is 64.0 Å². The Morgan fingerprint density at radius 2 is 2.00 bits per heavy atom. The lowest BCUT2D eigenvalue weighted by molar-refractivity contribution is 0.213. The summed E-state index contributed by atoms with van der Waals surface area (Å²) in [5.74, 6) is 0. The van der Waals surface area contributed by atoms with Crippen molar-refractivity contribution in [3.8, 4) is 0 Å². The number of alkyl halides is 2. The molecule has 0 saturated heterocycles. The van der Waals surface area contributed by atoms with Gasteiger partial charge in [0.1, 0.15) is 0 Å². The Bertz CT molecular complexity index is 153. The van der Waals surface area contributed by atoms with Crippen molar-refractivity contribution in [1.82, 2.24) is 0 Å². The number of hydrogen-bond donors (Lipinski definition) is 2. The Balaban J connectivity index is 3.65. The van der Waals surface area contributed by atoms with Crippen molar-refractivity contribution in [3.05, 3.63) is 0 Å². The molecule has 6 heteroatoms. The Hall–Kier alpha value is 0.01000. The second-order valence-electron chi connectivity index (χ2n) is 2.25. The van der Waals surface area contributed by atoms with Gasteiger partial charge >= 0.3 is 6.17 Å². The minimum absolute atomic E-state index is 0.286. The highest BCUT2D eigenvalue weighted by Gasteiger charge is 2.29. The van der Waals surface area contributed by atoms with Gasteiger partial charge in [-0.15, -0.1) is 0 Å². The first-order chi connectivity index (χ1) is 5.00. The highest BCUT2D eigenvalue weighted by Crippen LogP contribution is 2.48. The van der Waals surface area contributed by atoms with Gasteiger partial charge in [0.05, 0.1) is 0 Å². The first kappa shape index (κ1) is 11.0. The minimum atomic E-state index is -4.18. The summed E-state index contributed by atoms with van der Waals surface area (Å²) < 4.78 is 33.9. The molecule has 0 spiro atoms. The molecule has 0 aliphatic rings. The third kappa shape index (κ3) is 4.45. The fraction of sp³-hybridized carbons (Fsp3) is 1.00. The molecule has 0 aromatic carbocycles. The third-order valence-corrected chi connectivity index (χ3v) is 2.80. The fourth-order valence-corrected chi connectivity index (χ4v) is 1.45. The van der Waals surface area contributed by atoms with Gasteiger partial charge in [-0.3, -0.25) is 4.57 Å². The third-order valence-electron chi connectivity index (χ3n) is 1.24. The van der Waals surface area contributed by atoms with Crippen LogP contribution in [-0.2, 0) is 4.57 Å². The van der Waals surface area contributed by atoms with Crippen LogP contribution in [0.3, 0.4) is 0 Å². The Morgan fingerprint density at radius 1 is 1.45 bits per heavy atom. The number of nitrogens with two attached hydrogens (primary N) is 1. The van der Waals surface area contributed by atoms with Crippen LogP contribution in [0.25, 0.3) is 0 Å². The van der Waals surface area contributed by atoms with Crippen LogP contribution in [0.15, 0.2) is 0 Å². The number of halogens is 2. The largest absolute Gasteiger partial charge is 0.340 e. The average molecular weight is 187 g/mol. The van der Waals surface area contributed by atoms with Gasteiger partial charge in [0.15, 0.2) is 0 Å². The molecule has 11 heavy (non-hydrogen) atoms. The van der Waals surface area contributed by atoms with Crippen molar-refractivity contribution in [1.29, 1.82) is 0 Å². The van der Waals surface area contributed by atoms with Gasteiger partial charge in [-0.1, -0.05) is 0 Å². The first-order valence-corrected chi connectivity index (χ1v) is 5.22. The molecule has 0 rings (SSSR count). The maximum absolute atomic E-state index is 11.7. The molecule has 0 fully saturated rings. The molecule has 0 aliphatic carbocycles. The van der Waals surface area contributed by atoms with E-state index in [0.717, 1.165) is 0 Å². The van der Waals surface area contributed by atoms with E-state index in [1.807, 2.05) is 0 Å². The monoisotopic (exact) mass is 187 g/mol. The second kappa shape index (κ2) is 4.80. The summed E-state index contributed by atoms with van der Waals surface area (Å²) >= 11 is 0. The summed E-state index contributed by atoms with van der Waals surface area (Å²) in [6.45, 7) is 0.364. The van der Waals surface area contributed by atoms with E-state index < -0.39 is 13.5 Å². The first-order valence-electron chi connectivity index (χ1n) is 3.30. The van der Waals surface area contributed by atoms with E-state index in [2.05, 4.69) is 0 Å². The molecule has 0 amide bonds. The molecule has 0 aromatic rings. The van der Waals surface area contributed by atoms with Gasteiger partial charge in [0, 0.05) is 6.16 Å². The summed E-state index contributed by atoms with van der Waals surface area (Å²) in [4.78, 5) is 8.58. The zero-order chi connectivity index (χ0) is 8.91. The van der Waals surface area contributed by atoms with E-state index in [-0.39, 0.29) is 12.6 Å². The lowest BCUT2D eigenvalue weighted by Gasteiger charge is -2.08. The fourth-order valence-electron chi connectivity index (χ4n) is 0.580. The molecule has 68 valence electrons. The predicted molar refractivity (Wildman–Crippen MR) is 39.0 cm³/mol. The van der Waals surface area contributed by atoms with Crippen LogP contribution in [0.4, 0.5) is 8.78 Å². The minimum Gasteiger partial charge on any atom is -0.340 e. The average Bonchev–Trinajstić information content (AvgIpc) is 1.88. The predicted octanol–water partition coefficient (Wildman–Crippen LogP) is 1.22. The van der Waals surface area contributed by atoms with Crippen LogP contribution < -0.4 is 5.73 Å². The molecular weight excluding hydrogens is 175 g/mol. The van der Waals surface area contributed by atoms with E-state index in [1.165, 1.54) is 0 Å². The standard InChI is InChI=1S/C5H12F2NO2P/c6-5(7)11(9,10)4-2-1-3-8/h5H,1-4,8H2,(H,9,10). The van der Waals surface area contributed by atoms with Crippen LogP contribution in [0.2, 0.25) is 0 Å². The Morgan fingerprint density at radius 3 is 2.36 bits per heavy atom. The summed E-state index contributed by atoms with van der Waals surface area (Å²) in [5.41, 5.74) is 5.08. The molecular formula is C5H12F2NO2P. The van der Waals surface area contributed by atoms with Crippen molar-refractivity contribution >= 4 is 7.37 Å². The van der Waals surface area contributed by atoms with Gasteiger partial charge in [0.25, 0.3) is 7.37 Å².